The Kier molecular flexibility index (Phi) is 5.60. The summed E-state index contributed by atoms with van der Waals surface area (Å²) in [6.07, 6.45) is 7.76. The van der Waals surface area contributed by atoms with Crippen molar-refractivity contribution in [2.45, 2.75) is 19.3 Å². The average Bonchev–Trinajstić information content (AvgIpc) is 1.69. The van der Waals surface area contributed by atoms with Gasteiger partial charge in [0.15, 0.2) is 0 Å². The molecule has 8 heavy (non-hydrogen) atoms. The van der Waals surface area contributed by atoms with E-state index in [1.807, 2.05) is 0 Å². The third kappa shape index (κ3) is 3.18. The zero-order valence-electron chi connectivity index (χ0n) is 5.41. The maximum absolute atomic E-state index is 2.46. The molecule has 0 saturated carbocycles. The second kappa shape index (κ2) is 4.92. The summed E-state index contributed by atoms with van der Waals surface area (Å²) in [5.74, 6) is 0. The topological polar surface area (TPSA) is 0 Å². The van der Waals surface area contributed by atoms with E-state index in [1.165, 1.54) is 19.3 Å². The first-order valence-corrected chi connectivity index (χ1v) is 5.62. The molecule has 49 valence electrons. The average molecular weight is 303 g/mol. The van der Waals surface area contributed by atoms with Crippen LogP contribution in [0.5, 0.6) is 0 Å². The molecule has 2 heteroatoms. The van der Waals surface area contributed by atoms with Gasteiger partial charge in [-0.3, -0.25) is 0 Å². The van der Waals surface area contributed by atoms with E-state index in [4.69, 9.17) is 0 Å². The third-order valence-electron chi connectivity index (χ3n) is 1.71. The fourth-order valence-electron chi connectivity index (χ4n) is 1.16. The van der Waals surface area contributed by atoms with E-state index in [-0.39, 0.29) is 28.3 Å². The Morgan fingerprint density at radius 2 is 1.50 bits per heavy atom. The van der Waals surface area contributed by atoms with E-state index in [0.717, 1.165) is 0 Å². The van der Waals surface area contributed by atoms with Crippen molar-refractivity contribution in [2.24, 2.45) is 0 Å². The van der Waals surface area contributed by atoms with Crippen LogP contribution in [0, 0.1) is 0 Å². The Bertz CT molecular complexity index is 50.5. The second-order valence-electron chi connectivity index (χ2n) is 2.52. The van der Waals surface area contributed by atoms with Gasteiger partial charge < -0.3 is 0 Å². The first kappa shape index (κ1) is 9.09. The summed E-state index contributed by atoms with van der Waals surface area (Å²) in [5.41, 5.74) is 0. The third-order valence-corrected chi connectivity index (χ3v) is 4.12. The minimum Gasteiger partial charge on any atom is -0.0464 e. The maximum Gasteiger partial charge on any atom is 0.0569 e. The first-order chi connectivity index (χ1) is 3.39. The Morgan fingerprint density at radius 3 is 1.75 bits per heavy atom. The van der Waals surface area contributed by atoms with Crippen LogP contribution in [0.4, 0.5) is 0 Å². The van der Waals surface area contributed by atoms with Crippen LogP contribution in [-0.4, -0.2) is 19.0 Å². The summed E-state index contributed by atoms with van der Waals surface area (Å²) in [7, 11) is 0.207. The minimum absolute atomic E-state index is 0. The fraction of sp³-hybridized carbons (Fsp3) is 1.00. The van der Waals surface area contributed by atoms with Crippen molar-refractivity contribution in [1.82, 2.24) is 0 Å². The van der Waals surface area contributed by atoms with Crippen molar-refractivity contribution in [3.63, 3.8) is 0 Å². The second-order valence-corrected chi connectivity index (χ2v) is 5.43. The minimum atomic E-state index is 0. The van der Waals surface area contributed by atoms with E-state index in [9.17, 15) is 0 Å². The molecule has 1 fully saturated rings. The monoisotopic (exact) mass is 304 g/mol. The van der Waals surface area contributed by atoms with Gasteiger partial charge in [-0.15, -0.1) is 0 Å². The molecule has 0 atom stereocenters. The SMILES string of the molecule is C[PH+]1CCCCC1.[Re]. The molecule has 0 N–H and O–H groups in total. The van der Waals surface area contributed by atoms with E-state index in [0.29, 0.717) is 0 Å². The molecule has 0 unspecified atom stereocenters. The van der Waals surface area contributed by atoms with Crippen LogP contribution < -0.4 is 0 Å². The van der Waals surface area contributed by atoms with E-state index in [2.05, 4.69) is 6.66 Å². The van der Waals surface area contributed by atoms with Gasteiger partial charge >= 0.3 is 0 Å². The predicted molar refractivity (Wildman–Crippen MR) is 37.8 cm³/mol. The molecule has 1 saturated heterocycles. The van der Waals surface area contributed by atoms with Crippen molar-refractivity contribution < 1.29 is 20.4 Å². The Morgan fingerprint density at radius 1 is 1.00 bits per heavy atom. The van der Waals surface area contributed by atoms with Gasteiger partial charge in [0.1, 0.15) is 0 Å². The van der Waals surface area contributed by atoms with Crippen LogP contribution in [0.25, 0.3) is 0 Å². The molecule has 1 aliphatic heterocycles. The molecule has 0 bridgehead atoms. The van der Waals surface area contributed by atoms with Crippen LogP contribution >= 0.6 is 7.92 Å². The van der Waals surface area contributed by atoms with Crippen molar-refractivity contribution in [3.8, 4) is 0 Å². The van der Waals surface area contributed by atoms with E-state index >= 15 is 0 Å². The Balaban J connectivity index is 0.000000490. The molecule has 0 aromatic heterocycles. The van der Waals surface area contributed by atoms with Crippen LogP contribution in [0.15, 0.2) is 0 Å². The van der Waals surface area contributed by atoms with Gasteiger partial charge in [0, 0.05) is 27.1 Å². The molecule has 0 amide bonds. The molecular formula is C6H14PRe+. The standard InChI is InChI=1S/C6H13P.Re/c1-7-5-3-2-4-6-7;/h2-6H2,1H3;/p+1. The van der Waals surface area contributed by atoms with E-state index in [1.54, 1.807) is 12.3 Å². The number of rotatable bonds is 0. The van der Waals surface area contributed by atoms with Gasteiger partial charge in [-0.05, 0) is 27.2 Å². The van der Waals surface area contributed by atoms with E-state index < -0.39 is 0 Å². The fourth-order valence-corrected chi connectivity index (χ4v) is 3.11. The molecule has 1 aliphatic rings. The van der Waals surface area contributed by atoms with Gasteiger partial charge in [0.05, 0.1) is 12.3 Å². The van der Waals surface area contributed by atoms with Gasteiger partial charge in [0.2, 0.25) is 0 Å². The quantitative estimate of drug-likeness (QED) is 0.601. The van der Waals surface area contributed by atoms with Crippen molar-refractivity contribution in [1.29, 1.82) is 0 Å². The van der Waals surface area contributed by atoms with Gasteiger partial charge in [-0.1, -0.05) is 0 Å². The molecule has 0 spiro atoms. The molecular weight excluding hydrogens is 289 g/mol. The summed E-state index contributed by atoms with van der Waals surface area (Å²) >= 11 is 0. The predicted octanol–water partition coefficient (Wildman–Crippen LogP) is 2.01. The molecule has 1 heterocycles. The summed E-state index contributed by atoms with van der Waals surface area (Å²) in [5, 5.41) is 0. The Hall–Kier alpha value is 1.09. The largest absolute Gasteiger partial charge is 0.0569 e. The van der Waals surface area contributed by atoms with Crippen LogP contribution in [0.2, 0.25) is 0 Å². The molecule has 0 aliphatic carbocycles. The molecule has 0 aromatic carbocycles. The van der Waals surface area contributed by atoms with Crippen molar-refractivity contribution >= 4 is 7.92 Å². The molecule has 1 rings (SSSR count). The molecule has 0 aromatic rings. The number of hydrogen-bond acceptors (Lipinski definition) is 0. The van der Waals surface area contributed by atoms with Gasteiger partial charge in [-0.2, -0.15) is 0 Å². The van der Waals surface area contributed by atoms with Crippen LogP contribution in [-0.2, 0) is 20.4 Å². The summed E-state index contributed by atoms with van der Waals surface area (Å²) in [4.78, 5) is 0. The normalized spacial score (nSPS) is 22.1. The zero-order chi connectivity index (χ0) is 5.11. The Labute approximate surface area is 66.8 Å². The summed E-state index contributed by atoms with van der Waals surface area (Å²) < 4.78 is 0. The number of hydrogen-bond donors (Lipinski definition) is 0. The summed E-state index contributed by atoms with van der Waals surface area (Å²) in [6.45, 7) is 2.46. The molecule has 0 nitrogen and oxygen atoms in total. The smallest absolute Gasteiger partial charge is 0.0464 e. The van der Waals surface area contributed by atoms with Gasteiger partial charge in [0.25, 0.3) is 0 Å². The summed E-state index contributed by atoms with van der Waals surface area (Å²) in [6, 6.07) is 0. The van der Waals surface area contributed by atoms with Crippen molar-refractivity contribution in [3.05, 3.63) is 0 Å². The van der Waals surface area contributed by atoms with Crippen LogP contribution in [0.1, 0.15) is 19.3 Å². The van der Waals surface area contributed by atoms with Crippen LogP contribution in [0.3, 0.4) is 0 Å². The molecule has 1 radical (unpaired) electrons. The zero-order valence-corrected chi connectivity index (χ0v) is 9.13. The van der Waals surface area contributed by atoms with Gasteiger partial charge in [-0.25, -0.2) is 0 Å². The first-order valence-electron chi connectivity index (χ1n) is 3.21. The maximum atomic E-state index is 2.46. The van der Waals surface area contributed by atoms with Crippen molar-refractivity contribution in [2.75, 3.05) is 19.0 Å².